The number of ether oxygens (including phenoxy) is 1. The molecule has 1 aromatic carbocycles. The van der Waals surface area contributed by atoms with Crippen molar-refractivity contribution >= 4 is 17.5 Å². The van der Waals surface area contributed by atoms with E-state index < -0.39 is 0 Å². The minimum absolute atomic E-state index is 0.0919. The summed E-state index contributed by atoms with van der Waals surface area (Å²) in [6.07, 6.45) is 2.32. The molecule has 1 saturated heterocycles. The highest BCUT2D eigenvalue weighted by Crippen LogP contribution is 2.21. The van der Waals surface area contributed by atoms with Crippen molar-refractivity contribution in [2.24, 2.45) is 0 Å². The molecule has 0 aromatic heterocycles. The number of carbonyl (C=O) groups excluding carboxylic acids is 2. The van der Waals surface area contributed by atoms with Gasteiger partial charge < -0.3 is 15.0 Å². The van der Waals surface area contributed by atoms with Crippen molar-refractivity contribution in [1.29, 1.82) is 0 Å². The number of carbonyl (C=O) groups is 2. The highest BCUT2D eigenvalue weighted by atomic mass is 16.5. The van der Waals surface area contributed by atoms with E-state index in [0.717, 1.165) is 25.1 Å². The average Bonchev–Trinajstić information content (AvgIpc) is 2.93. The summed E-state index contributed by atoms with van der Waals surface area (Å²) in [7, 11) is 0. The zero-order valence-corrected chi connectivity index (χ0v) is 12.4. The van der Waals surface area contributed by atoms with Gasteiger partial charge in [0.25, 0.3) is 5.91 Å². The Morgan fingerprint density at radius 2 is 2.10 bits per heavy atom. The van der Waals surface area contributed by atoms with Crippen molar-refractivity contribution in [3.05, 3.63) is 29.8 Å². The Hall–Kier alpha value is -1.88. The molecule has 0 aliphatic carbocycles. The van der Waals surface area contributed by atoms with Gasteiger partial charge in [-0.25, -0.2) is 0 Å². The van der Waals surface area contributed by atoms with Gasteiger partial charge in [0.05, 0.1) is 0 Å². The minimum atomic E-state index is -0.0919. The number of nitrogens with one attached hydrogen (secondary N) is 1. The number of hydrogen-bond acceptors (Lipinski definition) is 3. The van der Waals surface area contributed by atoms with Crippen molar-refractivity contribution in [3.63, 3.8) is 0 Å². The highest BCUT2D eigenvalue weighted by Gasteiger charge is 2.21. The van der Waals surface area contributed by atoms with Gasteiger partial charge in [-0.15, -0.1) is 0 Å². The third-order valence-corrected chi connectivity index (χ3v) is 3.47. The number of amides is 2. The second kappa shape index (κ2) is 7.78. The molecule has 0 spiro atoms. The Kier molecular flexibility index (Phi) is 5.75. The lowest BCUT2D eigenvalue weighted by Crippen LogP contribution is -2.26. The van der Waals surface area contributed by atoms with Crippen LogP contribution in [0.2, 0.25) is 0 Å². The lowest BCUT2D eigenvalue weighted by molar-refractivity contribution is -0.117. The van der Waals surface area contributed by atoms with Crippen LogP contribution < -0.4 is 10.2 Å². The maximum Gasteiger partial charge on any atom is 0.251 e. The fourth-order valence-corrected chi connectivity index (χ4v) is 2.34. The molecule has 21 heavy (non-hydrogen) atoms. The van der Waals surface area contributed by atoms with Crippen LogP contribution in [0, 0.1) is 0 Å². The van der Waals surface area contributed by atoms with Gasteiger partial charge in [-0.05, 0) is 44.0 Å². The van der Waals surface area contributed by atoms with Crippen LogP contribution in [0.5, 0.6) is 0 Å². The molecule has 5 heteroatoms. The summed E-state index contributed by atoms with van der Waals surface area (Å²) in [6, 6.07) is 7.19. The molecule has 0 radical (unpaired) electrons. The van der Waals surface area contributed by atoms with Crippen LogP contribution >= 0.6 is 0 Å². The fraction of sp³-hybridized carbons (Fsp3) is 0.500. The summed E-state index contributed by atoms with van der Waals surface area (Å²) in [5.74, 6) is 0.0638. The van der Waals surface area contributed by atoms with Crippen LogP contribution in [-0.4, -0.2) is 38.1 Å². The molecular formula is C16H22N2O3. The Morgan fingerprint density at radius 3 is 2.71 bits per heavy atom. The summed E-state index contributed by atoms with van der Waals surface area (Å²) in [6.45, 7) is 4.68. The summed E-state index contributed by atoms with van der Waals surface area (Å²) >= 11 is 0. The molecule has 0 saturated carbocycles. The number of nitrogens with zero attached hydrogens (tertiary/aromatic N) is 1. The summed E-state index contributed by atoms with van der Waals surface area (Å²) in [4.78, 5) is 25.4. The lowest BCUT2D eigenvalue weighted by atomic mass is 10.2. The van der Waals surface area contributed by atoms with Crippen LogP contribution in [0.1, 0.15) is 36.5 Å². The Morgan fingerprint density at radius 1 is 1.33 bits per heavy atom. The van der Waals surface area contributed by atoms with E-state index in [1.165, 1.54) is 0 Å². The van der Waals surface area contributed by atoms with Gasteiger partial charge >= 0.3 is 0 Å². The van der Waals surface area contributed by atoms with Gasteiger partial charge in [0.2, 0.25) is 5.91 Å². The second-order valence-electron chi connectivity index (χ2n) is 5.00. The van der Waals surface area contributed by atoms with Gasteiger partial charge in [0, 0.05) is 44.0 Å². The number of anilines is 1. The molecule has 1 aliphatic heterocycles. The van der Waals surface area contributed by atoms with E-state index in [4.69, 9.17) is 4.74 Å². The molecule has 1 aliphatic rings. The van der Waals surface area contributed by atoms with Gasteiger partial charge in [-0.3, -0.25) is 9.59 Å². The van der Waals surface area contributed by atoms with E-state index in [1.807, 2.05) is 19.1 Å². The normalized spacial score (nSPS) is 14.5. The first-order chi connectivity index (χ1) is 10.2. The first kappa shape index (κ1) is 15.5. The van der Waals surface area contributed by atoms with Gasteiger partial charge in [-0.1, -0.05) is 0 Å². The van der Waals surface area contributed by atoms with Crippen molar-refractivity contribution in [1.82, 2.24) is 5.32 Å². The van der Waals surface area contributed by atoms with Crippen LogP contribution in [-0.2, 0) is 9.53 Å². The van der Waals surface area contributed by atoms with Crippen molar-refractivity contribution in [2.45, 2.75) is 26.2 Å². The zero-order chi connectivity index (χ0) is 15.1. The number of hydrogen-bond donors (Lipinski definition) is 1. The molecule has 2 amide bonds. The fourth-order valence-electron chi connectivity index (χ4n) is 2.34. The molecule has 1 aromatic rings. The van der Waals surface area contributed by atoms with E-state index in [1.54, 1.807) is 17.0 Å². The second-order valence-corrected chi connectivity index (χ2v) is 5.00. The molecular weight excluding hydrogens is 268 g/mol. The quantitative estimate of drug-likeness (QED) is 0.781. The van der Waals surface area contributed by atoms with Crippen LogP contribution in [0.3, 0.4) is 0 Å². The number of rotatable bonds is 7. The smallest absolute Gasteiger partial charge is 0.251 e. The lowest BCUT2D eigenvalue weighted by Gasteiger charge is -2.15. The van der Waals surface area contributed by atoms with Crippen LogP contribution in [0.4, 0.5) is 5.69 Å². The third kappa shape index (κ3) is 4.29. The topological polar surface area (TPSA) is 58.6 Å². The first-order valence-corrected chi connectivity index (χ1v) is 7.48. The van der Waals surface area contributed by atoms with E-state index >= 15 is 0 Å². The summed E-state index contributed by atoms with van der Waals surface area (Å²) in [5.41, 5.74) is 1.48. The molecule has 114 valence electrons. The van der Waals surface area contributed by atoms with Gasteiger partial charge in [0.1, 0.15) is 0 Å². The zero-order valence-electron chi connectivity index (χ0n) is 12.4. The van der Waals surface area contributed by atoms with E-state index in [9.17, 15) is 9.59 Å². The average molecular weight is 290 g/mol. The first-order valence-electron chi connectivity index (χ1n) is 7.48. The molecule has 2 rings (SSSR count). The Labute approximate surface area is 125 Å². The molecule has 1 N–H and O–H groups in total. The predicted octanol–water partition coefficient (Wildman–Crippen LogP) is 1.97. The Bertz CT molecular complexity index is 485. The minimum Gasteiger partial charge on any atom is -0.382 e. The molecule has 5 nitrogen and oxygen atoms in total. The largest absolute Gasteiger partial charge is 0.382 e. The monoisotopic (exact) mass is 290 g/mol. The van der Waals surface area contributed by atoms with Crippen molar-refractivity contribution < 1.29 is 14.3 Å². The molecule has 1 heterocycles. The number of benzene rings is 1. The van der Waals surface area contributed by atoms with E-state index in [0.29, 0.717) is 31.7 Å². The maximum absolute atomic E-state index is 11.9. The van der Waals surface area contributed by atoms with E-state index in [-0.39, 0.29) is 11.8 Å². The molecule has 0 unspecified atom stereocenters. The predicted molar refractivity (Wildman–Crippen MR) is 81.5 cm³/mol. The maximum atomic E-state index is 11.9. The third-order valence-electron chi connectivity index (χ3n) is 3.47. The summed E-state index contributed by atoms with van der Waals surface area (Å²) < 4.78 is 5.22. The highest BCUT2D eigenvalue weighted by molar-refractivity contribution is 5.97. The van der Waals surface area contributed by atoms with Crippen LogP contribution in [0.15, 0.2) is 24.3 Å². The van der Waals surface area contributed by atoms with Gasteiger partial charge in [-0.2, -0.15) is 0 Å². The molecule has 1 fully saturated rings. The van der Waals surface area contributed by atoms with Crippen LogP contribution in [0.25, 0.3) is 0 Å². The Balaban J connectivity index is 1.83. The standard InChI is InChI=1S/C16H22N2O3/c1-2-21-12-4-10-17-16(20)13-6-8-14(9-7-13)18-11-3-5-15(18)19/h6-9H,2-5,10-12H2,1H3,(H,17,20). The molecule has 0 atom stereocenters. The molecule has 0 bridgehead atoms. The van der Waals surface area contributed by atoms with E-state index in [2.05, 4.69) is 5.32 Å². The van der Waals surface area contributed by atoms with Gasteiger partial charge in [0.15, 0.2) is 0 Å². The van der Waals surface area contributed by atoms with Crippen molar-refractivity contribution in [3.8, 4) is 0 Å². The summed E-state index contributed by atoms with van der Waals surface area (Å²) in [5, 5.41) is 2.86. The van der Waals surface area contributed by atoms with Crippen molar-refractivity contribution in [2.75, 3.05) is 31.2 Å². The SMILES string of the molecule is CCOCCCNC(=O)c1ccc(N2CCCC2=O)cc1.